The molecule has 15 heavy (non-hydrogen) atoms. The van der Waals surface area contributed by atoms with Crippen molar-refractivity contribution in [3.63, 3.8) is 0 Å². The Morgan fingerprint density at radius 2 is 2.27 bits per heavy atom. The van der Waals surface area contributed by atoms with Crippen LogP contribution in [0.4, 0.5) is 5.82 Å². The van der Waals surface area contributed by atoms with E-state index >= 15 is 0 Å². The molecule has 1 aromatic heterocycles. The monoisotopic (exact) mass is 208 g/mol. The average molecular weight is 208 g/mol. The zero-order valence-electron chi connectivity index (χ0n) is 8.79. The quantitative estimate of drug-likeness (QED) is 0.583. The third-order valence-electron chi connectivity index (χ3n) is 1.91. The summed E-state index contributed by atoms with van der Waals surface area (Å²) in [5.41, 5.74) is 5.52. The maximum absolute atomic E-state index is 10.8. The van der Waals surface area contributed by atoms with Crippen LogP contribution in [0.3, 0.4) is 0 Å². The number of primary amides is 1. The van der Waals surface area contributed by atoms with Gasteiger partial charge in [0, 0.05) is 19.3 Å². The number of nitrogens with zero attached hydrogens (tertiary/aromatic N) is 1. The molecule has 0 spiro atoms. The summed E-state index contributed by atoms with van der Waals surface area (Å²) in [7, 11) is 0. The zero-order chi connectivity index (χ0) is 11.1. The van der Waals surface area contributed by atoms with E-state index in [0.717, 1.165) is 25.5 Å². The van der Waals surface area contributed by atoms with Crippen molar-refractivity contribution in [2.24, 2.45) is 5.73 Å². The molecule has 0 unspecified atom stereocenters. The first-order chi connectivity index (χ1) is 7.24. The molecule has 0 aliphatic heterocycles. The first-order valence-electron chi connectivity index (χ1n) is 4.94. The molecule has 4 N–H and O–H groups in total. The summed E-state index contributed by atoms with van der Waals surface area (Å²) in [4.78, 5) is 14.8. The lowest BCUT2D eigenvalue weighted by Crippen LogP contribution is -2.22. The highest BCUT2D eigenvalue weighted by molar-refractivity contribution is 5.92. The second kappa shape index (κ2) is 5.98. The van der Waals surface area contributed by atoms with Crippen molar-refractivity contribution in [1.82, 2.24) is 10.3 Å². The minimum atomic E-state index is -0.457. The van der Waals surface area contributed by atoms with E-state index < -0.39 is 5.91 Å². The normalized spacial score (nSPS) is 9.93. The molecular weight excluding hydrogens is 192 g/mol. The fraction of sp³-hybridized carbons (Fsp3) is 0.400. The molecule has 0 atom stereocenters. The Kier molecular flexibility index (Phi) is 4.56. The van der Waals surface area contributed by atoms with Crippen LogP contribution in [-0.4, -0.2) is 30.5 Å². The van der Waals surface area contributed by atoms with Gasteiger partial charge < -0.3 is 16.4 Å². The van der Waals surface area contributed by atoms with E-state index in [1.54, 1.807) is 12.1 Å². The maximum Gasteiger partial charge on any atom is 0.250 e. The standard InChI is InChI=1S/C10H16N4O/c1-2-12-5-6-13-9-4-3-8(7-14-9)10(11)15/h3-4,7,12H,2,5-6H2,1H3,(H2,11,15)(H,13,14). The summed E-state index contributed by atoms with van der Waals surface area (Å²) in [6.07, 6.45) is 1.47. The molecule has 0 saturated carbocycles. The highest BCUT2D eigenvalue weighted by Gasteiger charge is 1.99. The van der Waals surface area contributed by atoms with Crippen LogP contribution in [0.25, 0.3) is 0 Å². The van der Waals surface area contributed by atoms with Crippen molar-refractivity contribution in [1.29, 1.82) is 0 Å². The van der Waals surface area contributed by atoms with Gasteiger partial charge in [0.2, 0.25) is 5.91 Å². The van der Waals surface area contributed by atoms with Gasteiger partial charge in [-0.05, 0) is 18.7 Å². The van der Waals surface area contributed by atoms with Crippen LogP contribution in [-0.2, 0) is 0 Å². The number of aromatic nitrogens is 1. The molecule has 0 aromatic carbocycles. The van der Waals surface area contributed by atoms with Crippen LogP contribution in [0.2, 0.25) is 0 Å². The lowest BCUT2D eigenvalue weighted by Gasteiger charge is -2.05. The number of carbonyl (C=O) groups excluding carboxylic acids is 1. The number of hydrogen-bond acceptors (Lipinski definition) is 4. The summed E-state index contributed by atoms with van der Waals surface area (Å²) >= 11 is 0. The van der Waals surface area contributed by atoms with E-state index in [9.17, 15) is 4.79 Å². The molecule has 82 valence electrons. The van der Waals surface area contributed by atoms with Crippen LogP contribution in [0.1, 0.15) is 17.3 Å². The van der Waals surface area contributed by atoms with E-state index in [-0.39, 0.29) is 0 Å². The van der Waals surface area contributed by atoms with E-state index in [1.165, 1.54) is 6.20 Å². The van der Waals surface area contributed by atoms with Crippen molar-refractivity contribution >= 4 is 11.7 Å². The summed E-state index contributed by atoms with van der Waals surface area (Å²) in [5, 5.41) is 6.30. The van der Waals surface area contributed by atoms with Crippen LogP contribution in [0, 0.1) is 0 Å². The Hall–Kier alpha value is -1.62. The largest absolute Gasteiger partial charge is 0.369 e. The number of pyridine rings is 1. The molecule has 1 amide bonds. The number of amides is 1. The molecule has 1 rings (SSSR count). The molecule has 0 fully saturated rings. The number of carbonyl (C=O) groups is 1. The topological polar surface area (TPSA) is 80.0 Å². The van der Waals surface area contributed by atoms with E-state index in [4.69, 9.17) is 5.73 Å². The predicted octanol–water partition coefficient (Wildman–Crippen LogP) is 0.202. The van der Waals surface area contributed by atoms with Crippen molar-refractivity contribution in [3.05, 3.63) is 23.9 Å². The van der Waals surface area contributed by atoms with Gasteiger partial charge in [-0.1, -0.05) is 6.92 Å². The van der Waals surface area contributed by atoms with Gasteiger partial charge in [-0.15, -0.1) is 0 Å². The fourth-order valence-electron chi connectivity index (χ4n) is 1.10. The second-order valence-corrected chi connectivity index (χ2v) is 3.08. The molecule has 5 heteroatoms. The lowest BCUT2D eigenvalue weighted by molar-refractivity contribution is 0.1000. The molecule has 1 aromatic rings. The Morgan fingerprint density at radius 1 is 1.47 bits per heavy atom. The number of nitrogens with two attached hydrogens (primary N) is 1. The molecule has 0 bridgehead atoms. The molecular formula is C10H16N4O. The van der Waals surface area contributed by atoms with Gasteiger partial charge in [-0.25, -0.2) is 4.98 Å². The third-order valence-corrected chi connectivity index (χ3v) is 1.91. The number of anilines is 1. The van der Waals surface area contributed by atoms with Crippen LogP contribution < -0.4 is 16.4 Å². The summed E-state index contributed by atoms with van der Waals surface area (Å²) in [6, 6.07) is 3.40. The van der Waals surface area contributed by atoms with Gasteiger partial charge in [-0.3, -0.25) is 4.79 Å². The number of nitrogens with one attached hydrogen (secondary N) is 2. The minimum Gasteiger partial charge on any atom is -0.369 e. The van der Waals surface area contributed by atoms with Gasteiger partial charge in [0.25, 0.3) is 0 Å². The molecule has 0 aliphatic rings. The highest BCUT2D eigenvalue weighted by atomic mass is 16.1. The molecule has 0 saturated heterocycles. The molecule has 1 heterocycles. The number of likely N-dealkylation sites (N-methyl/N-ethyl adjacent to an activating group) is 1. The summed E-state index contributed by atoms with van der Waals surface area (Å²) in [6.45, 7) is 4.70. The van der Waals surface area contributed by atoms with Gasteiger partial charge >= 0.3 is 0 Å². The van der Waals surface area contributed by atoms with Crippen LogP contribution in [0.5, 0.6) is 0 Å². The lowest BCUT2D eigenvalue weighted by atomic mass is 10.3. The molecule has 5 nitrogen and oxygen atoms in total. The SMILES string of the molecule is CCNCCNc1ccc(C(N)=O)cn1. The van der Waals surface area contributed by atoms with Crippen LogP contribution >= 0.6 is 0 Å². The third kappa shape index (κ3) is 3.95. The second-order valence-electron chi connectivity index (χ2n) is 3.08. The number of hydrogen-bond donors (Lipinski definition) is 3. The zero-order valence-corrected chi connectivity index (χ0v) is 8.79. The van der Waals surface area contributed by atoms with E-state index in [0.29, 0.717) is 5.56 Å². The molecule has 0 aliphatic carbocycles. The minimum absolute atomic E-state index is 0.423. The van der Waals surface area contributed by atoms with Crippen molar-refractivity contribution in [3.8, 4) is 0 Å². The first-order valence-corrected chi connectivity index (χ1v) is 4.94. The van der Waals surface area contributed by atoms with Crippen molar-refractivity contribution < 1.29 is 4.79 Å². The smallest absolute Gasteiger partial charge is 0.250 e. The fourth-order valence-corrected chi connectivity index (χ4v) is 1.10. The summed E-state index contributed by atoms with van der Waals surface area (Å²) in [5.74, 6) is 0.291. The van der Waals surface area contributed by atoms with Gasteiger partial charge in [0.15, 0.2) is 0 Å². The van der Waals surface area contributed by atoms with Crippen LogP contribution in [0.15, 0.2) is 18.3 Å². The summed E-state index contributed by atoms with van der Waals surface area (Å²) < 4.78 is 0. The predicted molar refractivity (Wildman–Crippen MR) is 59.8 cm³/mol. The van der Waals surface area contributed by atoms with Gasteiger partial charge in [0.05, 0.1) is 5.56 Å². The Bertz CT molecular complexity index is 310. The Balaban J connectivity index is 2.39. The van der Waals surface area contributed by atoms with E-state index in [2.05, 4.69) is 22.5 Å². The Labute approximate surface area is 89.1 Å². The van der Waals surface area contributed by atoms with Gasteiger partial charge in [0.1, 0.15) is 5.82 Å². The Morgan fingerprint density at radius 3 is 2.80 bits per heavy atom. The molecule has 0 radical (unpaired) electrons. The average Bonchev–Trinajstić information content (AvgIpc) is 2.25. The highest BCUT2D eigenvalue weighted by Crippen LogP contribution is 2.03. The van der Waals surface area contributed by atoms with Gasteiger partial charge in [-0.2, -0.15) is 0 Å². The van der Waals surface area contributed by atoms with Crippen molar-refractivity contribution in [2.45, 2.75) is 6.92 Å². The number of rotatable bonds is 6. The van der Waals surface area contributed by atoms with Crippen molar-refractivity contribution in [2.75, 3.05) is 25.0 Å². The maximum atomic E-state index is 10.8. The van der Waals surface area contributed by atoms with E-state index in [1.807, 2.05) is 0 Å². The first kappa shape index (κ1) is 11.5.